The Hall–Kier alpha value is -0.410. The molecule has 0 saturated heterocycles. The third-order valence-corrected chi connectivity index (χ3v) is 5.00. The summed E-state index contributed by atoms with van der Waals surface area (Å²) in [5, 5.41) is 3.57. The minimum absolute atomic E-state index is 0.165. The normalized spacial score (nSPS) is 19.1. The molecule has 1 nitrogen and oxygen atoms in total. The van der Waals surface area contributed by atoms with Gasteiger partial charge >= 0.3 is 0 Å². The first-order valence-corrected chi connectivity index (χ1v) is 8.13. The largest absolute Gasteiger partial charge is 0.310 e. The fourth-order valence-corrected chi connectivity index (χ4v) is 3.31. The van der Waals surface area contributed by atoms with Crippen molar-refractivity contribution < 1.29 is 4.39 Å². The average Bonchev–Trinajstić information content (AvgIpc) is 2.68. The van der Waals surface area contributed by atoms with E-state index in [0.29, 0.717) is 6.04 Å². The Balaban J connectivity index is 1.88. The summed E-state index contributed by atoms with van der Waals surface area (Å²) < 4.78 is 14.2. The number of hydrogen-bond donors (Lipinski definition) is 1. The predicted molar refractivity (Wildman–Crippen MR) is 81.6 cm³/mol. The van der Waals surface area contributed by atoms with E-state index in [-0.39, 0.29) is 5.82 Å². The van der Waals surface area contributed by atoms with E-state index in [2.05, 4.69) is 28.2 Å². The van der Waals surface area contributed by atoms with Gasteiger partial charge in [-0.3, -0.25) is 0 Å². The van der Waals surface area contributed by atoms with Crippen molar-refractivity contribution in [3.05, 3.63) is 34.1 Å². The van der Waals surface area contributed by atoms with Gasteiger partial charge in [-0.25, -0.2) is 4.39 Å². The van der Waals surface area contributed by atoms with Crippen LogP contribution in [0, 0.1) is 11.7 Å². The third-order valence-electron chi connectivity index (χ3n) is 4.23. The molecule has 0 aliphatic heterocycles. The van der Waals surface area contributed by atoms with E-state index in [0.717, 1.165) is 22.5 Å². The molecule has 2 rings (SSSR count). The van der Waals surface area contributed by atoms with Crippen molar-refractivity contribution in [3.63, 3.8) is 0 Å². The first kappa shape index (κ1) is 15.0. The summed E-state index contributed by atoms with van der Waals surface area (Å²) in [7, 11) is 0. The minimum atomic E-state index is -0.165. The first-order valence-electron chi connectivity index (χ1n) is 7.34. The van der Waals surface area contributed by atoms with Gasteiger partial charge in [0.15, 0.2) is 0 Å². The molecule has 0 amide bonds. The average molecular weight is 328 g/mol. The topological polar surface area (TPSA) is 12.0 Å². The van der Waals surface area contributed by atoms with Crippen molar-refractivity contribution in [2.24, 2.45) is 5.92 Å². The first-order chi connectivity index (χ1) is 9.16. The molecule has 1 fully saturated rings. The van der Waals surface area contributed by atoms with E-state index in [1.807, 2.05) is 0 Å². The molecule has 1 aliphatic rings. The Bertz CT molecular complexity index is 400. The minimum Gasteiger partial charge on any atom is -0.310 e. The maximum absolute atomic E-state index is 13.2. The Morgan fingerprint density at radius 3 is 2.63 bits per heavy atom. The fourth-order valence-electron chi connectivity index (χ4n) is 2.93. The fraction of sp³-hybridized carbons (Fsp3) is 0.625. The van der Waals surface area contributed by atoms with Gasteiger partial charge in [-0.05, 0) is 49.4 Å². The molecule has 106 valence electrons. The SMILES string of the molecule is C[C@H](NCc1cc(F)ccc1Br)C1CCCCCC1. The zero-order valence-electron chi connectivity index (χ0n) is 11.6. The Morgan fingerprint density at radius 2 is 1.95 bits per heavy atom. The highest BCUT2D eigenvalue weighted by molar-refractivity contribution is 9.10. The van der Waals surface area contributed by atoms with Gasteiger partial charge in [0.2, 0.25) is 0 Å². The lowest BCUT2D eigenvalue weighted by Crippen LogP contribution is -2.33. The molecule has 0 heterocycles. The molecule has 1 aliphatic carbocycles. The molecule has 3 heteroatoms. The van der Waals surface area contributed by atoms with Gasteiger partial charge in [0, 0.05) is 17.1 Å². The smallest absolute Gasteiger partial charge is 0.123 e. The van der Waals surface area contributed by atoms with Gasteiger partial charge in [-0.2, -0.15) is 0 Å². The number of benzene rings is 1. The van der Waals surface area contributed by atoms with Crippen LogP contribution in [0.4, 0.5) is 4.39 Å². The van der Waals surface area contributed by atoms with Crippen LogP contribution in [0.2, 0.25) is 0 Å². The summed E-state index contributed by atoms with van der Waals surface area (Å²) in [5.74, 6) is 0.608. The quantitative estimate of drug-likeness (QED) is 0.764. The van der Waals surface area contributed by atoms with Crippen molar-refractivity contribution in [1.82, 2.24) is 5.32 Å². The van der Waals surface area contributed by atoms with E-state index in [1.54, 1.807) is 12.1 Å². The maximum Gasteiger partial charge on any atom is 0.123 e. The van der Waals surface area contributed by atoms with Crippen LogP contribution in [0.1, 0.15) is 51.0 Å². The van der Waals surface area contributed by atoms with Crippen LogP contribution in [0.15, 0.2) is 22.7 Å². The summed E-state index contributed by atoms with van der Waals surface area (Å²) >= 11 is 3.48. The highest BCUT2D eigenvalue weighted by Gasteiger charge is 2.18. The zero-order chi connectivity index (χ0) is 13.7. The Morgan fingerprint density at radius 1 is 1.26 bits per heavy atom. The van der Waals surface area contributed by atoms with Gasteiger partial charge in [-0.15, -0.1) is 0 Å². The predicted octanol–water partition coefficient (Wildman–Crippen LogP) is 5.04. The second-order valence-corrected chi connectivity index (χ2v) is 6.51. The number of nitrogens with one attached hydrogen (secondary N) is 1. The van der Waals surface area contributed by atoms with Gasteiger partial charge in [0.1, 0.15) is 5.82 Å². The monoisotopic (exact) mass is 327 g/mol. The molecule has 0 aromatic heterocycles. The number of hydrogen-bond acceptors (Lipinski definition) is 1. The van der Waals surface area contributed by atoms with Crippen molar-refractivity contribution in [1.29, 1.82) is 0 Å². The molecular weight excluding hydrogens is 305 g/mol. The van der Waals surface area contributed by atoms with Crippen LogP contribution in [0.5, 0.6) is 0 Å². The molecule has 0 radical (unpaired) electrons. The standard InChI is InChI=1S/C16H23BrFN/c1-12(13-6-4-2-3-5-7-13)19-11-14-10-15(18)8-9-16(14)17/h8-10,12-13,19H,2-7,11H2,1H3/t12-/m0/s1. The highest BCUT2D eigenvalue weighted by atomic mass is 79.9. The van der Waals surface area contributed by atoms with Crippen LogP contribution < -0.4 is 5.32 Å². The van der Waals surface area contributed by atoms with Crippen LogP contribution >= 0.6 is 15.9 Å². The van der Waals surface area contributed by atoms with E-state index in [9.17, 15) is 4.39 Å². The molecule has 1 N–H and O–H groups in total. The van der Waals surface area contributed by atoms with E-state index in [1.165, 1.54) is 44.6 Å². The molecule has 19 heavy (non-hydrogen) atoms. The number of rotatable bonds is 4. The molecule has 1 saturated carbocycles. The van der Waals surface area contributed by atoms with Gasteiger partial charge in [-0.1, -0.05) is 41.6 Å². The molecule has 0 unspecified atom stereocenters. The van der Waals surface area contributed by atoms with Gasteiger partial charge in [0.05, 0.1) is 0 Å². The molecular formula is C16H23BrFN. The Labute approximate surface area is 124 Å². The van der Waals surface area contributed by atoms with Gasteiger partial charge < -0.3 is 5.32 Å². The molecule has 1 atom stereocenters. The zero-order valence-corrected chi connectivity index (χ0v) is 13.2. The van der Waals surface area contributed by atoms with Crippen molar-refractivity contribution in [2.75, 3.05) is 0 Å². The summed E-state index contributed by atoms with van der Waals surface area (Å²) in [5.41, 5.74) is 1.00. The van der Waals surface area contributed by atoms with Crippen LogP contribution in [-0.2, 0) is 6.54 Å². The molecule has 0 spiro atoms. The molecule has 1 aromatic carbocycles. The summed E-state index contributed by atoms with van der Waals surface area (Å²) in [6, 6.07) is 5.38. The summed E-state index contributed by atoms with van der Waals surface area (Å²) in [4.78, 5) is 0. The van der Waals surface area contributed by atoms with Crippen LogP contribution in [-0.4, -0.2) is 6.04 Å². The summed E-state index contributed by atoms with van der Waals surface area (Å²) in [6.45, 7) is 3.00. The lowest BCUT2D eigenvalue weighted by molar-refractivity contribution is 0.336. The maximum atomic E-state index is 13.2. The molecule has 0 bridgehead atoms. The lowest BCUT2D eigenvalue weighted by Gasteiger charge is -2.24. The van der Waals surface area contributed by atoms with Crippen molar-refractivity contribution in [3.8, 4) is 0 Å². The molecule has 1 aromatic rings. The van der Waals surface area contributed by atoms with E-state index in [4.69, 9.17) is 0 Å². The van der Waals surface area contributed by atoms with Crippen LogP contribution in [0.3, 0.4) is 0 Å². The third kappa shape index (κ3) is 4.57. The second-order valence-electron chi connectivity index (χ2n) is 5.66. The number of halogens is 2. The van der Waals surface area contributed by atoms with Crippen molar-refractivity contribution >= 4 is 15.9 Å². The van der Waals surface area contributed by atoms with Gasteiger partial charge in [0.25, 0.3) is 0 Å². The van der Waals surface area contributed by atoms with Crippen LogP contribution in [0.25, 0.3) is 0 Å². The van der Waals surface area contributed by atoms with Crippen molar-refractivity contribution in [2.45, 2.75) is 58.0 Å². The van der Waals surface area contributed by atoms with E-state index < -0.39 is 0 Å². The Kier molecular flexibility index (Phi) is 5.83. The highest BCUT2D eigenvalue weighted by Crippen LogP contribution is 2.26. The summed E-state index contributed by atoms with van der Waals surface area (Å²) in [6.07, 6.45) is 8.16. The van der Waals surface area contributed by atoms with E-state index >= 15 is 0 Å². The lowest BCUT2D eigenvalue weighted by atomic mass is 9.93. The second kappa shape index (κ2) is 7.39.